The van der Waals surface area contributed by atoms with E-state index in [1.807, 2.05) is 0 Å². The second-order valence-electron chi connectivity index (χ2n) is 17.8. The van der Waals surface area contributed by atoms with E-state index < -0.39 is 0 Å². The van der Waals surface area contributed by atoms with Gasteiger partial charge >= 0.3 is 0 Å². The van der Waals surface area contributed by atoms with Crippen LogP contribution >= 0.6 is 0 Å². The lowest BCUT2D eigenvalue weighted by molar-refractivity contribution is -0.0505. The van der Waals surface area contributed by atoms with Crippen LogP contribution in [0.2, 0.25) is 0 Å². The molecule has 8 saturated carbocycles. The Morgan fingerprint density at radius 3 is 1.24 bits per heavy atom. The van der Waals surface area contributed by atoms with Gasteiger partial charge in [-0.15, -0.1) is 0 Å². The van der Waals surface area contributed by atoms with Crippen molar-refractivity contribution >= 4 is 0 Å². The summed E-state index contributed by atoms with van der Waals surface area (Å²) in [6.45, 7) is 0. The van der Waals surface area contributed by atoms with Gasteiger partial charge in [-0.2, -0.15) is 0 Å². The highest BCUT2D eigenvalue weighted by atomic mass is 15.0. The van der Waals surface area contributed by atoms with Crippen LogP contribution in [0, 0.1) is 71.0 Å². The van der Waals surface area contributed by atoms with Crippen molar-refractivity contribution in [1.29, 1.82) is 0 Å². The molecule has 0 aromatic heterocycles. The van der Waals surface area contributed by atoms with E-state index in [0.717, 1.165) is 83.1 Å². The third-order valence-corrected chi connectivity index (χ3v) is 16.2. The van der Waals surface area contributed by atoms with Crippen molar-refractivity contribution in [2.24, 2.45) is 71.0 Å². The summed E-state index contributed by atoms with van der Waals surface area (Å²) >= 11 is 0. The minimum Gasteiger partial charge on any atom is -0.311 e. The number of rotatable bonds is 4. The molecule has 0 heterocycles. The van der Waals surface area contributed by atoms with Gasteiger partial charge in [0.2, 0.25) is 0 Å². The molecule has 41 heavy (non-hydrogen) atoms. The van der Waals surface area contributed by atoms with E-state index in [-0.39, 0.29) is 0 Å². The van der Waals surface area contributed by atoms with E-state index in [2.05, 4.69) is 5.32 Å². The third-order valence-electron chi connectivity index (χ3n) is 16.2. The summed E-state index contributed by atoms with van der Waals surface area (Å²) in [5.74, 6) is 13.4. The predicted octanol–water partition coefficient (Wildman–Crippen LogP) is 11.0. The molecule has 0 spiro atoms. The summed E-state index contributed by atoms with van der Waals surface area (Å²) in [4.78, 5) is 0. The van der Waals surface area contributed by atoms with E-state index in [1.54, 1.807) is 141 Å². The first-order chi connectivity index (χ1) is 20.3. The van der Waals surface area contributed by atoms with E-state index in [4.69, 9.17) is 0 Å². The molecule has 0 saturated heterocycles. The maximum Gasteiger partial charge on any atom is 0.00698 e. The molecule has 9 atom stereocenters. The van der Waals surface area contributed by atoms with Crippen molar-refractivity contribution in [1.82, 2.24) is 5.32 Å². The maximum atomic E-state index is 4.32. The fourth-order valence-corrected chi connectivity index (χ4v) is 14.6. The molecular weight excluding hydrogens is 494 g/mol. The molecule has 0 aromatic rings. The lowest BCUT2D eigenvalue weighted by Crippen LogP contribution is -2.49. The quantitative estimate of drug-likeness (QED) is 0.360. The van der Waals surface area contributed by atoms with Crippen LogP contribution in [0.25, 0.3) is 0 Å². The molecule has 0 aliphatic heterocycles. The van der Waals surface area contributed by atoms with Crippen molar-refractivity contribution in [3.63, 3.8) is 0 Å². The van der Waals surface area contributed by atoms with Gasteiger partial charge in [0, 0.05) is 12.1 Å². The second-order valence-corrected chi connectivity index (χ2v) is 17.8. The van der Waals surface area contributed by atoms with Gasteiger partial charge in [0.25, 0.3) is 0 Å². The molecule has 232 valence electrons. The van der Waals surface area contributed by atoms with Crippen LogP contribution in [0.5, 0.6) is 0 Å². The minimum atomic E-state index is 0.848. The highest BCUT2D eigenvalue weighted by Gasteiger charge is 2.50. The average molecular weight is 562 g/mol. The van der Waals surface area contributed by atoms with Crippen molar-refractivity contribution < 1.29 is 0 Å². The van der Waals surface area contributed by atoms with Crippen molar-refractivity contribution in [2.45, 2.75) is 179 Å². The highest BCUT2D eigenvalue weighted by molar-refractivity contribution is 5.00. The Labute approximate surface area is 254 Å². The Morgan fingerprint density at radius 1 is 0.268 bits per heavy atom. The summed E-state index contributed by atoms with van der Waals surface area (Å²) in [6.07, 6.45) is 40.7. The van der Waals surface area contributed by atoms with Crippen LogP contribution in [-0.4, -0.2) is 12.1 Å². The third kappa shape index (κ3) is 5.76. The Kier molecular flexibility index (Phi) is 8.85. The van der Waals surface area contributed by atoms with Crippen molar-refractivity contribution in [2.75, 3.05) is 0 Å². The molecule has 8 rings (SSSR count). The summed E-state index contributed by atoms with van der Waals surface area (Å²) in [5.41, 5.74) is 0. The summed E-state index contributed by atoms with van der Waals surface area (Å²) in [7, 11) is 0. The molecule has 9 unspecified atom stereocenters. The van der Waals surface area contributed by atoms with Gasteiger partial charge in [0.15, 0.2) is 0 Å². The van der Waals surface area contributed by atoms with E-state index >= 15 is 0 Å². The smallest absolute Gasteiger partial charge is 0.00698 e. The minimum absolute atomic E-state index is 0.848. The molecule has 8 aliphatic carbocycles. The Hall–Kier alpha value is -0.0400. The zero-order valence-electron chi connectivity index (χ0n) is 27.0. The first-order valence-electron chi connectivity index (χ1n) is 20.1. The standard InChI is InChI=1S/C40H67N/c1-4-12-34-31(11-1)26-39(38-16-8-7-15-37(34)38)27-17-21-32(22-18-27)41-33-23-19-28(20-24-33)40-35-13-5-2-9-29(35)25-30-10-3-6-14-36(30)40/h27-41H,1-26H2. The van der Waals surface area contributed by atoms with Crippen LogP contribution in [-0.2, 0) is 0 Å². The van der Waals surface area contributed by atoms with Crippen LogP contribution in [0.15, 0.2) is 0 Å². The predicted molar refractivity (Wildman–Crippen MR) is 173 cm³/mol. The van der Waals surface area contributed by atoms with Gasteiger partial charge in [-0.05, 0) is 167 Å². The molecule has 1 N–H and O–H groups in total. The fourth-order valence-electron chi connectivity index (χ4n) is 14.6. The summed E-state index contributed by atoms with van der Waals surface area (Å²) in [5, 5.41) is 4.32. The van der Waals surface area contributed by atoms with Gasteiger partial charge in [-0.1, -0.05) is 70.6 Å². The fraction of sp³-hybridized carbons (Fsp3) is 1.00. The molecule has 1 nitrogen and oxygen atoms in total. The normalized spacial score (nSPS) is 52.4. The number of fused-ring (bicyclic) bond motifs is 5. The zero-order chi connectivity index (χ0) is 27.2. The van der Waals surface area contributed by atoms with Gasteiger partial charge in [0.05, 0.1) is 0 Å². The topological polar surface area (TPSA) is 12.0 Å². The average Bonchev–Trinajstić information content (AvgIpc) is 3.04. The first kappa shape index (κ1) is 28.4. The molecule has 0 amide bonds. The van der Waals surface area contributed by atoms with Crippen molar-refractivity contribution in [3.05, 3.63) is 0 Å². The molecule has 0 aromatic carbocycles. The summed E-state index contributed by atoms with van der Waals surface area (Å²) in [6, 6.07) is 1.70. The maximum absolute atomic E-state index is 4.32. The molecular formula is C40H67N. The molecule has 8 aliphatic rings. The van der Waals surface area contributed by atoms with Crippen LogP contribution in [0.3, 0.4) is 0 Å². The van der Waals surface area contributed by atoms with Gasteiger partial charge in [-0.3, -0.25) is 0 Å². The Bertz CT molecular complexity index is 812. The van der Waals surface area contributed by atoms with E-state index in [1.165, 1.54) is 25.7 Å². The van der Waals surface area contributed by atoms with E-state index in [9.17, 15) is 0 Å². The second kappa shape index (κ2) is 12.8. The Balaban J connectivity index is 0.841. The van der Waals surface area contributed by atoms with E-state index in [0.29, 0.717) is 0 Å². The van der Waals surface area contributed by atoms with Gasteiger partial charge in [-0.25, -0.2) is 0 Å². The largest absolute Gasteiger partial charge is 0.311 e. The lowest BCUT2D eigenvalue weighted by atomic mass is 9.51. The molecule has 1 heteroatoms. The van der Waals surface area contributed by atoms with Crippen LogP contribution in [0.1, 0.15) is 167 Å². The lowest BCUT2D eigenvalue weighted by Gasteiger charge is -2.55. The van der Waals surface area contributed by atoms with Gasteiger partial charge < -0.3 is 5.32 Å². The monoisotopic (exact) mass is 562 g/mol. The number of nitrogens with one attached hydrogen (secondary N) is 1. The first-order valence-corrected chi connectivity index (χ1v) is 20.1. The highest BCUT2D eigenvalue weighted by Crippen LogP contribution is 2.58. The molecule has 0 radical (unpaired) electrons. The van der Waals surface area contributed by atoms with Gasteiger partial charge in [0.1, 0.15) is 0 Å². The number of hydrogen-bond donors (Lipinski definition) is 1. The van der Waals surface area contributed by atoms with Crippen molar-refractivity contribution in [3.8, 4) is 0 Å². The zero-order valence-corrected chi connectivity index (χ0v) is 27.0. The molecule has 0 bridgehead atoms. The summed E-state index contributed by atoms with van der Waals surface area (Å²) < 4.78 is 0. The SMILES string of the molecule is C1CCC2C(C1)CC(C1CCC(NC3CCC(C4C5CCCCC5CC5CCCCC54)CC3)CC1)C1CCCCC21. The van der Waals surface area contributed by atoms with Crippen LogP contribution in [0.4, 0.5) is 0 Å². The van der Waals surface area contributed by atoms with Crippen LogP contribution < -0.4 is 5.32 Å². The number of hydrogen-bond acceptors (Lipinski definition) is 1. The Morgan fingerprint density at radius 2 is 0.683 bits per heavy atom. The molecule has 8 fully saturated rings.